The normalized spacial score (nSPS) is 17.5. The average Bonchev–Trinajstić information content (AvgIpc) is 2.27. The van der Waals surface area contributed by atoms with Gasteiger partial charge in [-0.25, -0.2) is 4.79 Å². The van der Waals surface area contributed by atoms with Crippen LogP contribution in [0, 0.1) is 0 Å². The Balaban J connectivity index is 0.00000112. The van der Waals surface area contributed by atoms with Gasteiger partial charge in [0.05, 0.1) is 19.3 Å². The first-order valence-corrected chi connectivity index (χ1v) is 4.38. The van der Waals surface area contributed by atoms with Crippen molar-refractivity contribution in [1.29, 1.82) is 0 Å². The highest BCUT2D eigenvalue weighted by Crippen LogP contribution is 2.28. The highest BCUT2D eigenvalue weighted by atomic mass is 35.5. The van der Waals surface area contributed by atoms with Gasteiger partial charge in [0.1, 0.15) is 5.75 Å². The zero-order chi connectivity index (χ0) is 9.97. The second-order valence-electron chi connectivity index (χ2n) is 3.01. The van der Waals surface area contributed by atoms with Crippen LogP contribution in [0.5, 0.6) is 5.75 Å². The molecule has 4 nitrogen and oxygen atoms in total. The number of hydrogen-bond acceptors (Lipinski definition) is 4. The van der Waals surface area contributed by atoms with Crippen LogP contribution in [0.25, 0.3) is 0 Å². The van der Waals surface area contributed by atoms with Gasteiger partial charge in [0.2, 0.25) is 6.10 Å². The van der Waals surface area contributed by atoms with E-state index in [1.165, 1.54) is 7.11 Å². The Morgan fingerprint density at radius 1 is 1.53 bits per heavy atom. The molecule has 0 aliphatic carbocycles. The van der Waals surface area contributed by atoms with Gasteiger partial charge in [-0.3, -0.25) is 0 Å². The van der Waals surface area contributed by atoms with Crippen molar-refractivity contribution in [2.45, 2.75) is 6.10 Å². The third-order valence-electron chi connectivity index (χ3n) is 2.10. The minimum absolute atomic E-state index is 0. The van der Waals surface area contributed by atoms with Crippen LogP contribution in [0.15, 0.2) is 24.3 Å². The topological polar surface area (TPSA) is 47.6 Å². The number of esters is 1. The summed E-state index contributed by atoms with van der Waals surface area (Å²) in [5, 5.41) is 3.10. The summed E-state index contributed by atoms with van der Waals surface area (Å²) in [7, 11) is 1.35. The third-order valence-corrected chi connectivity index (χ3v) is 2.10. The van der Waals surface area contributed by atoms with Crippen molar-refractivity contribution in [3.05, 3.63) is 24.3 Å². The number of carbonyl (C=O) groups is 1. The van der Waals surface area contributed by atoms with E-state index in [1.807, 2.05) is 24.3 Å². The molecule has 1 aliphatic rings. The molecular weight excluding hydrogens is 218 g/mol. The first-order valence-electron chi connectivity index (χ1n) is 4.38. The second kappa shape index (κ2) is 4.89. The van der Waals surface area contributed by atoms with E-state index in [1.54, 1.807) is 0 Å². The average molecular weight is 230 g/mol. The Kier molecular flexibility index (Phi) is 3.80. The van der Waals surface area contributed by atoms with Gasteiger partial charge in [-0.15, -0.1) is 12.4 Å². The summed E-state index contributed by atoms with van der Waals surface area (Å²) in [5.41, 5.74) is 0.910. The van der Waals surface area contributed by atoms with Gasteiger partial charge in [0.15, 0.2) is 0 Å². The maximum Gasteiger partial charge on any atom is 0.348 e. The van der Waals surface area contributed by atoms with Crippen molar-refractivity contribution in [3.63, 3.8) is 0 Å². The van der Waals surface area contributed by atoms with Gasteiger partial charge in [0.25, 0.3) is 0 Å². The van der Waals surface area contributed by atoms with Gasteiger partial charge in [-0.2, -0.15) is 0 Å². The molecule has 1 aliphatic heterocycles. The number of halogens is 1. The summed E-state index contributed by atoms with van der Waals surface area (Å²) < 4.78 is 10.0. The maximum atomic E-state index is 11.2. The van der Waals surface area contributed by atoms with Gasteiger partial charge < -0.3 is 14.8 Å². The van der Waals surface area contributed by atoms with Crippen LogP contribution < -0.4 is 10.1 Å². The van der Waals surface area contributed by atoms with Gasteiger partial charge >= 0.3 is 5.97 Å². The molecule has 5 heteroatoms. The third kappa shape index (κ3) is 2.33. The first-order chi connectivity index (χ1) is 6.81. The monoisotopic (exact) mass is 229 g/mol. The lowest BCUT2D eigenvalue weighted by molar-refractivity contribution is -0.148. The molecular formula is C10H12ClNO3. The van der Waals surface area contributed by atoms with Crippen LogP contribution in [0.1, 0.15) is 0 Å². The molecule has 82 valence electrons. The van der Waals surface area contributed by atoms with Crippen molar-refractivity contribution >= 4 is 24.1 Å². The predicted octanol–water partition coefficient (Wildman–Crippen LogP) is 1.45. The summed E-state index contributed by atoms with van der Waals surface area (Å²) in [6.07, 6.45) is -0.546. The number of fused-ring (bicyclic) bond motifs is 1. The zero-order valence-electron chi connectivity index (χ0n) is 8.23. The quantitative estimate of drug-likeness (QED) is 0.741. The molecule has 0 fully saturated rings. The first kappa shape index (κ1) is 11.7. The largest absolute Gasteiger partial charge is 0.475 e. The Bertz CT molecular complexity index is 356. The molecule has 0 saturated carbocycles. The number of carbonyl (C=O) groups excluding carboxylic acids is 1. The Morgan fingerprint density at radius 3 is 3.00 bits per heavy atom. The van der Waals surface area contributed by atoms with E-state index in [0.29, 0.717) is 12.3 Å². The number of methoxy groups -OCH3 is 1. The number of ether oxygens (including phenoxy) is 2. The Morgan fingerprint density at radius 2 is 2.27 bits per heavy atom. The Hall–Kier alpha value is -1.42. The van der Waals surface area contributed by atoms with Crippen molar-refractivity contribution < 1.29 is 14.3 Å². The summed E-state index contributed by atoms with van der Waals surface area (Å²) >= 11 is 0. The standard InChI is InChI=1S/C10H11NO3.ClH/c1-13-10(12)9-6-11-7-4-2-3-5-8(7)14-9;/h2-5,9,11H,6H2,1H3;1H. The lowest BCUT2D eigenvalue weighted by Crippen LogP contribution is -2.38. The molecule has 0 spiro atoms. The van der Waals surface area contributed by atoms with Crippen LogP contribution >= 0.6 is 12.4 Å². The predicted molar refractivity (Wildman–Crippen MR) is 58.6 cm³/mol. The summed E-state index contributed by atoms with van der Waals surface area (Å²) in [6, 6.07) is 7.49. The number of rotatable bonds is 1. The maximum absolute atomic E-state index is 11.2. The van der Waals surface area contributed by atoms with E-state index in [4.69, 9.17) is 4.74 Å². The van der Waals surface area contributed by atoms with Crippen LogP contribution in [0.3, 0.4) is 0 Å². The molecule has 1 N–H and O–H groups in total. The molecule has 1 aromatic carbocycles. The molecule has 0 radical (unpaired) electrons. The van der Waals surface area contributed by atoms with Crippen LogP contribution in [-0.2, 0) is 9.53 Å². The second-order valence-corrected chi connectivity index (χ2v) is 3.01. The van der Waals surface area contributed by atoms with E-state index >= 15 is 0 Å². The van der Waals surface area contributed by atoms with Crippen LogP contribution in [-0.4, -0.2) is 25.7 Å². The highest BCUT2D eigenvalue weighted by molar-refractivity contribution is 5.85. The van der Waals surface area contributed by atoms with Gasteiger partial charge in [-0.05, 0) is 12.1 Å². The number of benzene rings is 1. The van der Waals surface area contributed by atoms with Crippen LogP contribution in [0.2, 0.25) is 0 Å². The fourth-order valence-corrected chi connectivity index (χ4v) is 1.38. The van der Waals surface area contributed by atoms with E-state index < -0.39 is 6.10 Å². The lowest BCUT2D eigenvalue weighted by atomic mass is 10.2. The molecule has 1 aromatic rings. The summed E-state index contributed by atoms with van der Waals surface area (Å²) in [6.45, 7) is 0.448. The number of anilines is 1. The highest BCUT2D eigenvalue weighted by Gasteiger charge is 2.25. The fourth-order valence-electron chi connectivity index (χ4n) is 1.38. The number of nitrogens with one attached hydrogen (secondary N) is 1. The SMILES string of the molecule is COC(=O)C1CNc2ccccc2O1.Cl. The minimum Gasteiger partial charge on any atom is -0.475 e. The molecule has 1 unspecified atom stereocenters. The van der Waals surface area contributed by atoms with Crippen molar-refractivity contribution in [1.82, 2.24) is 0 Å². The van der Waals surface area contributed by atoms with Crippen molar-refractivity contribution in [3.8, 4) is 5.75 Å². The summed E-state index contributed by atoms with van der Waals surface area (Å²) in [5.74, 6) is 0.334. The molecule has 0 bridgehead atoms. The molecule has 0 aromatic heterocycles. The van der Waals surface area contributed by atoms with E-state index in [9.17, 15) is 4.79 Å². The Labute approximate surface area is 94.0 Å². The summed E-state index contributed by atoms with van der Waals surface area (Å²) in [4.78, 5) is 11.2. The van der Waals surface area contributed by atoms with Crippen LogP contribution in [0.4, 0.5) is 5.69 Å². The lowest BCUT2D eigenvalue weighted by Gasteiger charge is -2.25. The zero-order valence-corrected chi connectivity index (χ0v) is 9.04. The minimum atomic E-state index is -0.546. The number of para-hydroxylation sites is 2. The molecule has 0 amide bonds. The molecule has 2 rings (SSSR count). The molecule has 15 heavy (non-hydrogen) atoms. The van der Waals surface area contributed by atoms with E-state index in [0.717, 1.165) is 5.69 Å². The number of hydrogen-bond donors (Lipinski definition) is 1. The van der Waals surface area contributed by atoms with E-state index in [-0.39, 0.29) is 18.4 Å². The molecule has 1 atom stereocenters. The van der Waals surface area contributed by atoms with Crippen molar-refractivity contribution in [2.24, 2.45) is 0 Å². The molecule has 0 saturated heterocycles. The fraction of sp³-hybridized carbons (Fsp3) is 0.300. The van der Waals surface area contributed by atoms with Gasteiger partial charge in [-0.1, -0.05) is 12.1 Å². The molecule has 1 heterocycles. The van der Waals surface area contributed by atoms with Gasteiger partial charge in [0, 0.05) is 0 Å². The smallest absolute Gasteiger partial charge is 0.348 e. The van der Waals surface area contributed by atoms with E-state index in [2.05, 4.69) is 10.1 Å². The van der Waals surface area contributed by atoms with Crippen molar-refractivity contribution in [2.75, 3.05) is 19.0 Å².